The van der Waals surface area contributed by atoms with Crippen LogP contribution in [0.2, 0.25) is 5.02 Å². The Labute approximate surface area is 178 Å². The summed E-state index contributed by atoms with van der Waals surface area (Å²) < 4.78 is 11.5. The third-order valence-electron chi connectivity index (χ3n) is 4.11. The lowest BCUT2D eigenvalue weighted by atomic mass is 10.1. The first-order chi connectivity index (χ1) is 14.5. The molecule has 3 rings (SSSR count). The largest absolute Gasteiger partial charge is 0.488 e. The molecule has 0 saturated heterocycles. The zero-order valence-electron chi connectivity index (χ0n) is 16.1. The zero-order valence-corrected chi connectivity index (χ0v) is 16.9. The Morgan fingerprint density at radius 3 is 2.53 bits per heavy atom. The van der Waals surface area contributed by atoms with Crippen LogP contribution in [-0.4, -0.2) is 17.4 Å². The molecule has 0 heterocycles. The van der Waals surface area contributed by atoms with Gasteiger partial charge in [0.2, 0.25) is 0 Å². The Morgan fingerprint density at radius 1 is 1.07 bits per heavy atom. The van der Waals surface area contributed by atoms with Gasteiger partial charge in [0.25, 0.3) is 11.6 Å². The van der Waals surface area contributed by atoms with Crippen molar-refractivity contribution in [2.75, 3.05) is 11.9 Å². The number of amides is 1. The molecule has 0 spiro atoms. The average Bonchev–Trinajstić information content (AvgIpc) is 2.75. The Kier molecular flexibility index (Phi) is 6.87. The van der Waals surface area contributed by atoms with E-state index in [0.717, 1.165) is 5.56 Å². The number of nitrogens with zero attached hydrogens (tertiary/aromatic N) is 1. The van der Waals surface area contributed by atoms with Crippen molar-refractivity contribution in [3.05, 3.63) is 93.0 Å². The van der Waals surface area contributed by atoms with E-state index in [1.54, 1.807) is 6.07 Å². The highest BCUT2D eigenvalue weighted by Gasteiger charge is 2.17. The first kappa shape index (κ1) is 21.1. The van der Waals surface area contributed by atoms with Gasteiger partial charge in [-0.25, -0.2) is 0 Å². The van der Waals surface area contributed by atoms with E-state index in [0.29, 0.717) is 23.8 Å². The van der Waals surface area contributed by atoms with Gasteiger partial charge in [0.15, 0.2) is 11.5 Å². The number of non-ortho nitro benzene ring substituents is 1. The molecule has 0 fully saturated rings. The van der Waals surface area contributed by atoms with E-state index in [9.17, 15) is 14.9 Å². The van der Waals surface area contributed by atoms with E-state index in [2.05, 4.69) is 5.32 Å². The maximum absolute atomic E-state index is 12.7. The number of rotatable bonds is 8. The van der Waals surface area contributed by atoms with Gasteiger partial charge < -0.3 is 14.8 Å². The number of benzene rings is 3. The number of hydrogen-bond donors (Lipinski definition) is 1. The summed E-state index contributed by atoms with van der Waals surface area (Å²) in [6.45, 7) is 2.47. The lowest BCUT2D eigenvalue weighted by Crippen LogP contribution is -2.13. The number of nitro groups is 1. The predicted octanol–water partition coefficient (Wildman–Crippen LogP) is 5.48. The molecule has 0 unspecified atom stereocenters. The first-order valence-electron chi connectivity index (χ1n) is 9.16. The van der Waals surface area contributed by atoms with Crippen LogP contribution < -0.4 is 14.8 Å². The van der Waals surface area contributed by atoms with Crippen molar-refractivity contribution < 1.29 is 19.2 Å². The molecule has 1 N–H and O–H groups in total. The van der Waals surface area contributed by atoms with Crippen LogP contribution >= 0.6 is 11.6 Å². The van der Waals surface area contributed by atoms with Crippen LogP contribution in [0.1, 0.15) is 22.8 Å². The van der Waals surface area contributed by atoms with Gasteiger partial charge in [0, 0.05) is 23.4 Å². The fourth-order valence-corrected chi connectivity index (χ4v) is 2.99. The van der Waals surface area contributed by atoms with Crippen molar-refractivity contribution in [3.63, 3.8) is 0 Å². The molecule has 30 heavy (non-hydrogen) atoms. The van der Waals surface area contributed by atoms with Crippen LogP contribution in [0.5, 0.6) is 11.5 Å². The third kappa shape index (κ3) is 5.27. The highest BCUT2D eigenvalue weighted by Crippen LogP contribution is 2.37. The smallest absolute Gasteiger partial charge is 0.271 e. The van der Waals surface area contributed by atoms with Gasteiger partial charge in [0.1, 0.15) is 6.61 Å². The molecule has 8 heteroatoms. The summed E-state index contributed by atoms with van der Waals surface area (Å²) in [5.74, 6) is 0.199. The number of carbonyl (C=O) groups excluding carboxylic acids is 1. The second-order valence-electron chi connectivity index (χ2n) is 6.25. The summed E-state index contributed by atoms with van der Waals surface area (Å²) in [5, 5.41) is 13.8. The second-order valence-corrected chi connectivity index (χ2v) is 6.66. The number of nitro benzene ring substituents is 1. The molecule has 7 nitrogen and oxygen atoms in total. The molecule has 0 radical (unpaired) electrons. The number of halogens is 1. The third-order valence-corrected chi connectivity index (χ3v) is 4.39. The minimum absolute atomic E-state index is 0.121. The van der Waals surface area contributed by atoms with Crippen molar-refractivity contribution in [3.8, 4) is 11.5 Å². The quantitative estimate of drug-likeness (QED) is 0.380. The van der Waals surface area contributed by atoms with Crippen LogP contribution in [0.15, 0.2) is 66.7 Å². The average molecular weight is 427 g/mol. The second kappa shape index (κ2) is 9.76. The van der Waals surface area contributed by atoms with Crippen LogP contribution in [0.4, 0.5) is 11.4 Å². The number of nitrogens with one attached hydrogen (secondary N) is 1. The minimum Gasteiger partial charge on any atom is -0.488 e. The van der Waals surface area contributed by atoms with Crippen molar-refractivity contribution >= 4 is 28.9 Å². The monoisotopic (exact) mass is 426 g/mol. The molecule has 3 aromatic carbocycles. The Morgan fingerprint density at radius 2 is 1.83 bits per heavy atom. The number of ether oxygens (including phenoxy) is 2. The van der Waals surface area contributed by atoms with Crippen LogP contribution in [0, 0.1) is 10.1 Å². The summed E-state index contributed by atoms with van der Waals surface area (Å²) in [4.78, 5) is 23.1. The van der Waals surface area contributed by atoms with E-state index in [1.165, 1.54) is 30.3 Å². The van der Waals surface area contributed by atoms with Crippen molar-refractivity contribution in [1.29, 1.82) is 0 Å². The molecule has 0 aliphatic carbocycles. The van der Waals surface area contributed by atoms with Gasteiger partial charge in [-0.1, -0.05) is 48.0 Å². The van der Waals surface area contributed by atoms with Crippen molar-refractivity contribution in [1.82, 2.24) is 0 Å². The number of anilines is 1. The summed E-state index contributed by atoms with van der Waals surface area (Å²) in [5.41, 5.74) is 1.36. The molecule has 0 atom stereocenters. The van der Waals surface area contributed by atoms with E-state index in [1.807, 2.05) is 37.3 Å². The van der Waals surface area contributed by atoms with Gasteiger partial charge in [-0.15, -0.1) is 0 Å². The topological polar surface area (TPSA) is 90.7 Å². The molecule has 0 saturated carbocycles. The molecule has 154 valence electrons. The Hall–Kier alpha value is -3.58. The lowest BCUT2D eigenvalue weighted by Gasteiger charge is -2.15. The standard InChI is InChI=1S/C22H19ClN2O5/c1-2-29-21-19(23)11-16(12-20(21)30-14-15-7-4-3-5-8-15)22(26)24-17-9-6-10-18(13-17)25(27)28/h3-13H,2,14H2,1H3,(H,24,26). The Balaban J connectivity index is 1.85. The molecule has 0 aromatic heterocycles. The maximum Gasteiger partial charge on any atom is 0.271 e. The summed E-state index contributed by atoms with van der Waals surface area (Å²) >= 11 is 6.33. The van der Waals surface area contributed by atoms with E-state index >= 15 is 0 Å². The summed E-state index contributed by atoms with van der Waals surface area (Å²) in [7, 11) is 0. The SMILES string of the molecule is CCOc1c(Cl)cc(C(=O)Nc2cccc([N+](=O)[O-])c2)cc1OCc1ccccc1. The van der Waals surface area contributed by atoms with E-state index in [-0.39, 0.29) is 22.9 Å². The summed E-state index contributed by atoms with van der Waals surface area (Å²) in [6, 6.07) is 18.2. The number of carbonyl (C=O) groups is 1. The van der Waals surface area contributed by atoms with Gasteiger partial charge in [-0.05, 0) is 30.7 Å². The van der Waals surface area contributed by atoms with Gasteiger partial charge in [0.05, 0.1) is 16.6 Å². The molecule has 0 aliphatic heterocycles. The van der Waals surface area contributed by atoms with Gasteiger partial charge in [-0.2, -0.15) is 0 Å². The molecular weight excluding hydrogens is 408 g/mol. The molecule has 0 bridgehead atoms. The molecule has 3 aromatic rings. The van der Waals surface area contributed by atoms with Gasteiger partial charge in [-0.3, -0.25) is 14.9 Å². The fraction of sp³-hybridized carbons (Fsp3) is 0.136. The normalized spacial score (nSPS) is 10.3. The van der Waals surface area contributed by atoms with Crippen LogP contribution in [-0.2, 0) is 6.61 Å². The molecule has 0 aliphatic rings. The Bertz CT molecular complexity index is 1060. The van der Waals surface area contributed by atoms with Gasteiger partial charge >= 0.3 is 0 Å². The highest BCUT2D eigenvalue weighted by atomic mass is 35.5. The molecular formula is C22H19ClN2O5. The molecule has 1 amide bonds. The maximum atomic E-state index is 12.7. The number of hydrogen-bond acceptors (Lipinski definition) is 5. The van der Waals surface area contributed by atoms with Crippen LogP contribution in [0.3, 0.4) is 0 Å². The summed E-state index contributed by atoms with van der Waals surface area (Å²) in [6.07, 6.45) is 0. The van der Waals surface area contributed by atoms with Crippen molar-refractivity contribution in [2.45, 2.75) is 13.5 Å². The van der Waals surface area contributed by atoms with Crippen LogP contribution in [0.25, 0.3) is 0 Å². The fourth-order valence-electron chi connectivity index (χ4n) is 2.73. The minimum atomic E-state index is -0.529. The predicted molar refractivity (Wildman–Crippen MR) is 114 cm³/mol. The van der Waals surface area contributed by atoms with E-state index in [4.69, 9.17) is 21.1 Å². The lowest BCUT2D eigenvalue weighted by molar-refractivity contribution is -0.384. The zero-order chi connectivity index (χ0) is 21.5. The van der Waals surface area contributed by atoms with Crippen molar-refractivity contribution in [2.24, 2.45) is 0 Å². The van der Waals surface area contributed by atoms with E-state index < -0.39 is 10.8 Å². The first-order valence-corrected chi connectivity index (χ1v) is 9.54. The highest BCUT2D eigenvalue weighted by molar-refractivity contribution is 6.32.